The van der Waals surface area contributed by atoms with Crippen LogP contribution in [0.25, 0.3) is 0 Å². The molecule has 1 aliphatic carbocycles. The summed E-state index contributed by atoms with van der Waals surface area (Å²) in [5, 5.41) is 3.59. The van der Waals surface area contributed by atoms with Gasteiger partial charge in [0, 0.05) is 46.2 Å². The van der Waals surface area contributed by atoms with Crippen molar-refractivity contribution in [2.75, 3.05) is 26.7 Å². The fraction of sp³-hybridized carbons (Fsp3) is 0.636. The van der Waals surface area contributed by atoms with Gasteiger partial charge in [-0.1, -0.05) is 37.1 Å². The molecule has 5 nitrogen and oxygen atoms in total. The zero-order valence-electron chi connectivity index (χ0n) is 16.5. The summed E-state index contributed by atoms with van der Waals surface area (Å²) < 4.78 is 0. The Morgan fingerprint density at radius 3 is 2.44 bits per heavy atom. The van der Waals surface area contributed by atoms with Crippen LogP contribution in [0.4, 0.5) is 0 Å². The van der Waals surface area contributed by atoms with E-state index in [0.29, 0.717) is 6.42 Å². The van der Waals surface area contributed by atoms with Crippen molar-refractivity contribution in [1.29, 1.82) is 0 Å². The third-order valence-electron chi connectivity index (χ3n) is 6.58. The lowest BCUT2D eigenvalue weighted by Crippen LogP contribution is -2.40. The van der Waals surface area contributed by atoms with Crippen LogP contribution in [0, 0.1) is 11.8 Å². The fourth-order valence-corrected chi connectivity index (χ4v) is 5.05. The normalized spacial score (nSPS) is 25.8. The Labute approximate surface area is 162 Å². The molecule has 1 aromatic rings. The number of nitrogens with zero attached hydrogens (tertiary/aromatic N) is 3. The smallest absolute Gasteiger partial charge is 0.222 e. The van der Waals surface area contributed by atoms with E-state index in [0.717, 1.165) is 56.9 Å². The van der Waals surface area contributed by atoms with Crippen molar-refractivity contribution in [1.82, 2.24) is 15.1 Å². The number of amides is 1. The first-order chi connectivity index (χ1) is 13.2. The first kappa shape index (κ1) is 18.3. The van der Waals surface area contributed by atoms with Crippen molar-refractivity contribution in [3.63, 3.8) is 0 Å². The van der Waals surface area contributed by atoms with E-state index in [4.69, 9.17) is 0 Å². The summed E-state index contributed by atoms with van der Waals surface area (Å²) in [6, 6.07) is 8.47. The molecule has 2 unspecified atom stereocenters. The molecule has 1 amide bonds. The highest BCUT2D eigenvalue weighted by Crippen LogP contribution is 2.36. The van der Waals surface area contributed by atoms with Crippen molar-refractivity contribution < 1.29 is 4.79 Å². The summed E-state index contributed by atoms with van der Waals surface area (Å²) in [7, 11) is 1.89. The standard InChI is InChI=1S/C22H32N4O/c1-23-22(26-15-19-9-4-5-10-20(19)16-26)24-13-17-7-2-3-8-18(17)14-25-12-6-11-21(25)27/h2-3,7-8,19-20H,4-6,9-16H2,1H3,(H,23,24). The molecule has 0 radical (unpaired) electrons. The van der Waals surface area contributed by atoms with Crippen molar-refractivity contribution in [3.8, 4) is 0 Å². The summed E-state index contributed by atoms with van der Waals surface area (Å²) in [4.78, 5) is 21.0. The van der Waals surface area contributed by atoms with Crippen LogP contribution in [0.5, 0.6) is 0 Å². The van der Waals surface area contributed by atoms with Crippen molar-refractivity contribution in [2.24, 2.45) is 16.8 Å². The molecule has 1 saturated carbocycles. The molecule has 2 aliphatic heterocycles. The van der Waals surface area contributed by atoms with E-state index in [1.807, 2.05) is 11.9 Å². The number of fused-ring (bicyclic) bond motifs is 1. The minimum absolute atomic E-state index is 0.285. The lowest BCUT2D eigenvalue weighted by molar-refractivity contribution is -0.128. The van der Waals surface area contributed by atoms with Crippen LogP contribution in [-0.4, -0.2) is 48.3 Å². The maximum atomic E-state index is 12.0. The Morgan fingerprint density at radius 2 is 1.81 bits per heavy atom. The Balaban J connectivity index is 1.38. The number of carbonyl (C=O) groups is 1. The first-order valence-corrected chi connectivity index (χ1v) is 10.5. The van der Waals surface area contributed by atoms with Gasteiger partial charge in [-0.2, -0.15) is 0 Å². The van der Waals surface area contributed by atoms with Gasteiger partial charge in [-0.25, -0.2) is 0 Å². The quantitative estimate of drug-likeness (QED) is 0.656. The van der Waals surface area contributed by atoms with Crippen molar-refractivity contribution in [3.05, 3.63) is 35.4 Å². The number of benzene rings is 1. The maximum Gasteiger partial charge on any atom is 0.222 e. The van der Waals surface area contributed by atoms with Crippen LogP contribution in [0.1, 0.15) is 49.7 Å². The highest BCUT2D eigenvalue weighted by molar-refractivity contribution is 5.80. The second-order valence-corrected chi connectivity index (χ2v) is 8.30. The summed E-state index contributed by atoms with van der Waals surface area (Å²) in [6.07, 6.45) is 7.23. The van der Waals surface area contributed by atoms with Gasteiger partial charge < -0.3 is 15.1 Å². The monoisotopic (exact) mass is 368 g/mol. The lowest BCUT2D eigenvalue weighted by atomic mass is 9.82. The second kappa shape index (κ2) is 8.32. The molecule has 27 heavy (non-hydrogen) atoms. The van der Waals surface area contributed by atoms with Crippen LogP contribution in [0.15, 0.2) is 29.3 Å². The molecule has 0 bridgehead atoms. The van der Waals surface area contributed by atoms with E-state index in [9.17, 15) is 4.79 Å². The van der Waals surface area contributed by atoms with Crippen LogP contribution in [-0.2, 0) is 17.9 Å². The topological polar surface area (TPSA) is 47.9 Å². The first-order valence-electron chi connectivity index (χ1n) is 10.5. The number of hydrogen-bond acceptors (Lipinski definition) is 2. The second-order valence-electron chi connectivity index (χ2n) is 8.30. The largest absolute Gasteiger partial charge is 0.352 e. The van der Waals surface area contributed by atoms with Gasteiger partial charge in [0.25, 0.3) is 0 Å². The number of carbonyl (C=O) groups excluding carboxylic acids is 1. The molecule has 1 N–H and O–H groups in total. The predicted molar refractivity (Wildman–Crippen MR) is 108 cm³/mol. The summed E-state index contributed by atoms with van der Waals surface area (Å²) in [5.74, 6) is 3.02. The zero-order valence-corrected chi connectivity index (χ0v) is 16.5. The van der Waals surface area contributed by atoms with E-state index in [2.05, 4.69) is 39.5 Å². The van der Waals surface area contributed by atoms with Gasteiger partial charge in [-0.05, 0) is 42.2 Å². The van der Waals surface area contributed by atoms with E-state index in [1.54, 1.807) is 0 Å². The van der Waals surface area contributed by atoms with Crippen LogP contribution in [0.2, 0.25) is 0 Å². The highest BCUT2D eigenvalue weighted by Gasteiger charge is 2.35. The average molecular weight is 369 g/mol. The van der Waals surface area contributed by atoms with Crippen LogP contribution in [0.3, 0.4) is 0 Å². The Bertz CT molecular complexity index is 687. The molecule has 3 aliphatic rings. The summed E-state index contributed by atoms with van der Waals surface area (Å²) >= 11 is 0. The molecule has 1 aromatic carbocycles. The van der Waals surface area contributed by atoms with Gasteiger partial charge >= 0.3 is 0 Å². The Hall–Kier alpha value is -2.04. The highest BCUT2D eigenvalue weighted by atomic mass is 16.2. The number of guanidine groups is 1. The fourth-order valence-electron chi connectivity index (χ4n) is 5.05. The van der Waals surface area contributed by atoms with Gasteiger partial charge in [-0.15, -0.1) is 0 Å². The maximum absolute atomic E-state index is 12.0. The molecule has 2 atom stereocenters. The third kappa shape index (κ3) is 4.12. The van der Waals surface area contributed by atoms with E-state index < -0.39 is 0 Å². The third-order valence-corrected chi connectivity index (χ3v) is 6.58. The van der Waals surface area contributed by atoms with Crippen LogP contribution < -0.4 is 5.32 Å². The van der Waals surface area contributed by atoms with Crippen molar-refractivity contribution in [2.45, 2.75) is 51.6 Å². The molecule has 0 aromatic heterocycles. The number of nitrogens with one attached hydrogen (secondary N) is 1. The molecule has 0 spiro atoms. The number of rotatable bonds is 4. The number of aliphatic imine (C=N–C) groups is 1. The summed E-state index contributed by atoms with van der Waals surface area (Å²) in [6.45, 7) is 4.67. The molecular weight excluding hydrogens is 336 g/mol. The van der Waals surface area contributed by atoms with Gasteiger partial charge in [0.05, 0.1) is 0 Å². The predicted octanol–water partition coefficient (Wildman–Crippen LogP) is 3.01. The molecule has 3 fully saturated rings. The van der Waals surface area contributed by atoms with Crippen molar-refractivity contribution >= 4 is 11.9 Å². The van der Waals surface area contributed by atoms with E-state index in [1.165, 1.54) is 36.8 Å². The van der Waals surface area contributed by atoms with Gasteiger partial charge in [-0.3, -0.25) is 9.79 Å². The minimum Gasteiger partial charge on any atom is -0.352 e. The molecule has 146 valence electrons. The molecule has 2 heterocycles. The number of hydrogen-bond donors (Lipinski definition) is 1. The average Bonchev–Trinajstić information content (AvgIpc) is 3.30. The van der Waals surface area contributed by atoms with E-state index in [-0.39, 0.29) is 5.91 Å². The SMILES string of the molecule is CN=C(NCc1ccccc1CN1CCCC1=O)N1CC2CCCCC2C1. The zero-order chi connectivity index (χ0) is 18.6. The summed E-state index contributed by atoms with van der Waals surface area (Å²) in [5.41, 5.74) is 2.50. The van der Waals surface area contributed by atoms with Gasteiger partial charge in [0.2, 0.25) is 5.91 Å². The molecule has 2 saturated heterocycles. The molecule has 5 heteroatoms. The lowest BCUT2D eigenvalue weighted by Gasteiger charge is -2.23. The molecule has 4 rings (SSSR count). The van der Waals surface area contributed by atoms with Crippen LogP contribution >= 0.6 is 0 Å². The Morgan fingerprint density at radius 1 is 1.11 bits per heavy atom. The van der Waals surface area contributed by atoms with E-state index >= 15 is 0 Å². The number of likely N-dealkylation sites (tertiary alicyclic amines) is 2. The molecular formula is C22H32N4O. The van der Waals surface area contributed by atoms with Gasteiger partial charge in [0.1, 0.15) is 0 Å². The minimum atomic E-state index is 0.285. The Kier molecular flexibility index (Phi) is 5.65. The van der Waals surface area contributed by atoms with Gasteiger partial charge in [0.15, 0.2) is 5.96 Å².